The number of nitrogens with one attached hydrogen (secondary N) is 3. The van der Waals surface area contributed by atoms with Crippen LogP contribution in [0.3, 0.4) is 0 Å². The van der Waals surface area contributed by atoms with Crippen molar-refractivity contribution in [1.82, 2.24) is 10.3 Å². The highest BCUT2D eigenvalue weighted by Crippen LogP contribution is 2.27. The molecule has 39 heavy (non-hydrogen) atoms. The first-order valence-corrected chi connectivity index (χ1v) is 13.3. The highest BCUT2D eigenvalue weighted by Gasteiger charge is 2.17. The highest BCUT2D eigenvalue weighted by molar-refractivity contribution is 8.00. The summed E-state index contributed by atoms with van der Waals surface area (Å²) >= 11 is 7.18. The topological polar surface area (TPSA) is 100 Å². The van der Waals surface area contributed by atoms with Gasteiger partial charge in [-0.1, -0.05) is 66.2 Å². The number of thioether (sulfide) groups is 1. The molecule has 0 aliphatic carbocycles. The number of pyridine rings is 1. The van der Waals surface area contributed by atoms with Crippen molar-refractivity contribution in [2.45, 2.75) is 17.1 Å². The average molecular weight is 557 g/mol. The molecule has 3 amide bonds. The van der Waals surface area contributed by atoms with Crippen molar-refractivity contribution < 1.29 is 14.4 Å². The third kappa shape index (κ3) is 8.29. The SMILES string of the molecule is CC(Sc1cccc(NC(=O)/C(=C/c2ccccc2)NC(=O)c2ccccc2)c1)C(=O)Nc1ccc(Cl)cn1. The molecule has 1 aromatic heterocycles. The molecule has 9 heteroatoms. The standard InChI is InChI=1S/C30H25ClN4O3S/c1-20(28(36)35-27-16-15-23(31)19-32-27)39-25-14-8-13-24(18-25)33-30(38)26(17-21-9-4-2-5-10-21)34-29(37)22-11-6-3-7-12-22/h2-20H,1H3,(H,33,38)(H,34,37)(H,32,35,36)/b26-17-. The number of benzene rings is 3. The van der Waals surface area contributed by atoms with E-state index in [-0.39, 0.29) is 11.6 Å². The molecule has 196 valence electrons. The fourth-order valence-corrected chi connectivity index (χ4v) is 4.48. The minimum atomic E-state index is -0.482. The van der Waals surface area contributed by atoms with Crippen LogP contribution < -0.4 is 16.0 Å². The Labute approximate surface area is 235 Å². The Bertz CT molecular complexity index is 1480. The summed E-state index contributed by atoms with van der Waals surface area (Å²) in [6, 6.07) is 28.3. The molecule has 1 heterocycles. The largest absolute Gasteiger partial charge is 0.321 e. The van der Waals surface area contributed by atoms with E-state index in [4.69, 9.17) is 11.6 Å². The third-order valence-corrected chi connectivity index (χ3v) is 6.71. The monoisotopic (exact) mass is 556 g/mol. The summed E-state index contributed by atoms with van der Waals surface area (Å²) in [6.07, 6.45) is 3.08. The van der Waals surface area contributed by atoms with E-state index in [1.807, 2.05) is 42.5 Å². The summed E-state index contributed by atoms with van der Waals surface area (Å²) in [5, 5.41) is 8.38. The van der Waals surface area contributed by atoms with Gasteiger partial charge in [-0.15, -0.1) is 11.8 Å². The van der Waals surface area contributed by atoms with Crippen molar-refractivity contribution in [1.29, 1.82) is 0 Å². The molecule has 1 atom stereocenters. The van der Waals surface area contributed by atoms with Gasteiger partial charge in [0.15, 0.2) is 0 Å². The molecule has 0 bridgehead atoms. The van der Waals surface area contributed by atoms with Gasteiger partial charge in [0.25, 0.3) is 11.8 Å². The molecule has 4 aromatic rings. The van der Waals surface area contributed by atoms with Crippen LogP contribution in [0, 0.1) is 0 Å². The molecular weight excluding hydrogens is 532 g/mol. The Morgan fingerprint density at radius 1 is 0.872 bits per heavy atom. The summed E-state index contributed by atoms with van der Waals surface area (Å²) < 4.78 is 0. The molecule has 4 rings (SSSR count). The lowest BCUT2D eigenvalue weighted by molar-refractivity contribution is -0.115. The van der Waals surface area contributed by atoms with Crippen LogP contribution >= 0.6 is 23.4 Å². The normalized spacial score (nSPS) is 11.8. The maximum atomic E-state index is 13.3. The first-order chi connectivity index (χ1) is 18.9. The second-order valence-electron chi connectivity index (χ2n) is 8.38. The number of carbonyl (C=O) groups is 3. The zero-order chi connectivity index (χ0) is 27.6. The van der Waals surface area contributed by atoms with E-state index in [1.54, 1.807) is 67.6 Å². The van der Waals surface area contributed by atoms with E-state index in [1.165, 1.54) is 18.0 Å². The van der Waals surface area contributed by atoms with Gasteiger partial charge in [-0.25, -0.2) is 4.98 Å². The van der Waals surface area contributed by atoms with Crippen LogP contribution in [0.4, 0.5) is 11.5 Å². The molecule has 0 aliphatic rings. The number of anilines is 2. The Balaban J connectivity index is 1.45. The summed E-state index contributed by atoms with van der Waals surface area (Å²) in [5.74, 6) is -0.689. The van der Waals surface area contributed by atoms with Gasteiger partial charge in [0.1, 0.15) is 11.5 Å². The van der Waals surface area contributed by atoms with Gasteiger partial charge in [0, 0.05) is 22.3 Å². The average Bonchev–Trinajstić information content (AvgIpc) is 2.95. The number of halogens is 1. The van der Waals surface area contributed by atoms with E-state index in [0.29, 0.717) is 22.1 Å². The van der Waals surface area contributed by atoms with E-state index >= 15 is 0 Å². The number of nitrogens with zero attached hydrogens (tertiary/aromatic N) is 1. The molecule has 0 fully saturated rings. The molecule has 0 radical (unpaired) electrons. The van der Waals surface area contributed by atoms with Crippen molar-refractivity contribution in [2.24, 2.45) is 0 Å². The minimum absolute atomic E-state index is 0.0938. The summed E-state index contributed by atoms with van der Waals surface area (Å²) in [5.41, 5.74) is 1.81. The predicted octanol–water partition coefficient (Wildman–Crippen LogP) is 6.26. The molecule has 3 N–H and O–H groups in total. The van der Waals surface area contributed by atoms with Gasteiger partial charge in [0.2, 0.25) is 5.91 Å². The molecular formula is C30H25ClN4O3S. The third-order valence-electron chi connectivity index (χ3n) is 5.39. The van der Waals surface area contributed by atoms with Crippen LogP contribution in [0.2, 0.25) is 5.02 Å². The Morgan fingerprint density at radius 3 is 2.28 bits per heavy atom. The van der Waals surface area contributed by atoms with Crippen molar-refractivity contribution in [2.75, 3.05) is 10.6 Å². The van der Waals surface area contributed by atoms with E-state index in [0.717, 1.165) is 10.5 Å². The zero-order valence-electron chi connectivity index (χ0n) is 20.9. The van der Waals surface area contributed by atoms with Gasteiger partial charge in [-0.05, 0) is 61.0 Å². The van der Waals surface area contributed by atoms with Crippen molar-refractivity contribution in [3.8, 4) is 0 Å². The Hall–Kier alpha value is -4.40. The maximum absolute atomic E-state index is 13.3. The van der Waals surface area contributed by atoms with Crippen LogP contribution in [0.15, 0.2) is 114 Å². The number of rotatable bonds is 9. The van der Waals surface area contributed by atoms with Crippen LogP contribution in [0.25, 0.3) is 6.08 Å². The van der Waals surface area contributed by atoms with Crippen molar-refractivity contribution in [3.05, 3.63) is 125 Å². The fraction of sp³-hybridized carbons (Fsp3) is 0.0667. The molecule has 0 saturated carbocycles. The minimum Gasteiger partial charge on any atom is -0.321 e. The van der Waals surface area contributed by atoms with Gasteiger partial charge < -0.3 is 16.0 Å². The highest BCUT2D eigenvalue weighted by atomic mass is 35.5. The molecule has 1 unspecified atom stereocenters. The number of aromatic nitrogens is 1. The van der Waals surface area contributed by atoms with E-state index in [9.17, 15) is 14.4 Å². The van der Waals surface area contributed by atoms with Gasteiger partial charge in [-0.3, -0.25) is 14.4 Å². The van der Waals surface area contributed by atoms with E-state index in [2.05, 4.69) is 20.9 Å². The lowest BCUT2D eigenvalue weighted by Crippen LogP contribution is -2.30. The zero-order valence-corrected chi connectivity index (χ0v) is 22.5. The van der Waals surface area contributed by atoms with E-state index < -0.39 is 17.1 Å². The molecule has 0 saturated heterocycles. The summed E-state index contributed by atoms with van der Waals surface area (Å²) in [6.45, 7) is 1.78. The predicted molar refractivity (Wildman–Crippen MR) is 157 cm³/mol. The number of amides is 3. The smallest absolute Gasteiger partial charge is 0.272 e. The summed E-state index contributed by atoms with van der Waals surface area (Å²) in [4.78, 5) is 43.6. The van der Waals surface area contributed by atoms with Crippen LogP contribution in [0.5, 0.6) is 0 Å². The lowest BCUT2D eigenvalue weighted by Gasteiger charge is -2.14. The Morgan fingerprint density at radius 2 is 1.59 bits per heavy atom. The second-order valence-corrected chi connectivity index (χ2v) is 10.2. The second kappa shape index (κ2) is 13.4. The molecule has 0 spiro atoms. The molecule has 0 aliphatic heterocycles. The van der Waals surface area contributed by atoms with Gasteiger partial charge in [-0.2, -0.15) is 0 Å². The molecule has 7 nitrogen and oxygen atoms in total. The first kappa shape index (κ1) is 27.6. The van der Waals surface area contributed by atoms with Crippen molar-refractivity contribution >= 4 is 58.7 Å². The lowest BCUT2D eigenvalue weighted by atomic mass is 10.1. The van der Waals surface area contributed by atoms with Crippen LogP contribution in [-0.2, 0) is 9.59 Å². The fourth-order valence-electron chi connectivity index (χ4n) is 3.44. The Kier molecular flexibility index (Phi) is 9.50. The first-order valence-electron chi connectivity index (χ1n) is 12.0. The van der Waals surface area contributed by atoms with Crippen molar-refractivity contribution in [3.63, 3.8) is 0 Å². The number of hydrogen-bond acceptors (Lipinski definition) is 5. The van der Waals surface area contributed by atoms with Gasteiger partial charge >= 0.3 is 0 Å². The van der Waals surface area contributed by atoms with Crippen LogP contribution in [-0.4, -0.2) is 28.0 Å². The number of hydrogen-bond donors (Lipinski definition) is 3. The number of carbonyl (C=O) groups excluding carboxylic acids is 3. The maximum Gasteiger partial charge on any atom is 0.272 e. The van der Waals surface area contributed by atoms with Crippen LogP contribution in [0.1, 0.15) is 22.8 Å². The molecule has 3 aromatic carbocycles. The quantitative estimate of drug-likeness (QED) is 0.167. The summed E-state index contributed by atoms with van der Waals surface area (Å²) in [7, 11) is 0. The van der Waals surface area contributed by atoms with Gasteiger partial charge in [0.05, 0.1) is 10.3 Å².